The molecule has 0 radical (unpaired) electrons. The molecule has 0 unspecified atom stereocenters. The van der Waals surface area contributed by atoms with E-state index >= 15 is 0 Å². The minimum absolute atomic E-state index is 0.00447. The highest BCUT2D eigenvalue weighted by Crippen LogP contribution is 2.32. The van der Waals surface area contributed by atoms with Gasteiger partial charge in [-0.1, -0.05) is 0 Å². The van der Waals surface area contributed by atoms with E-state index in [1.807, 2.05) is 0 Å². The van der Waals surface area contributed by atoms with E-state index in [1.54, 1.807) is 0 Å². The van der Waals surface area contributed by atoms with Crippen molar-refractivity contribution in [2.75, 3.05) is 11.8 Å². The molecule has 0 bridgehead atoms. The molecule has 0 heterocycles. The third-order valence-corrected chi connectivity index (χ3v) is 4.60. The number of anilines is 1. The van der Waals surface area contributed by atoms with Gasteiger partial charge in [0.25, 0.3) is 10.0 Å². The first-order chi connectivity index (χ1) is 11.2. The molecule has 0 saturated heterocycles. The highest BCUT2D eigenvalue weighted by Gasteiger charge is 2.19. The molecule has 0 fully saturated rings. The largest absolute Gasteiger partial charge is 0.493 e. The Balaban J connectivity index is 2.35. The number of sulfonamides is 1. The van der Waals surface area contributed by atoms with E-state index < -0.39 is 22.5 Å². The maximum Gasteiger partial charge on any atom is 0.387 e. The standard InChI is InChI=1S/C15H14F3NO4S/c1-9-7-10(16)3-6-14(9)24(20,21)19-11-4-5-12(22-2)13(8-11)23-15(17)18/h3-8,15,19H,1-2H3. The summed E-state index contributed by atoms with van der Waals surface area (Å²) in [7, 11) is -2.76. The van der Waals surface area contributed by atoms with Gasteiger partial charge in [-0.25, -0.2) is 12.8 Å². The van der Waals surface area contributed by atoms with Gasteiger partial charge in [-0.15, -0.1) is 0 Å². The van der Waals surface area contributed by atoms with Crippen LogP contribution in [0.3, 0.4) is 0 Å². The molecule has 0 saturated carbocycles. The first-order valence-electron chi connectivity index (χ1n) is 6.65. The summed E-state index contributed by atoms with van der Waals surface area (Å²) >= 11 is 0. The number of halogens is 3. The zero-order valence-corrected chi connectivity index (χ0v) is 13.5. The third kappa shape index (κ3) is 4.10. The van der Waals surface area contributed by atoms with Crippen molar-refractivity contribution in [2.24, 2.45) is 0 Å². The Labute approximate surface area is 137 Å². The van der Waals surface area contributed by atoms with Crippen LogP contribution in [-0.2, 0) is 10.0 Å². The lowest BCUT2D eigenvalue weighted by molar-refractivity contribution is -0.0511. The molecule has 130 valence electrons. The lowest BCUT2D eigenvalue weighted by Gasteiger charge is -2.14. The maximum absolute atomic E-state index is 13.1. The molecule has 0 aliphatic heterocycles. The van der Waals surface area contributed by atoms with Gasteiger partial charge in [0.2, 0.25) is 0 Å². The number of benzene rings is 2. The molecule has 0 spiro atoms. The SMILES string of the molecule is COc1ccc(NS(=O)(=O)c2ccc(F)cc2C)cc1OC(F)F. The van der Waals surface area contributed by atoms with Crippen molar-refractivity contribution in [3.8, 4) is 11.5 Å². The zero-order valence-electron chi connectivity index (χ0n) is 12.7. The second-order valence-corrected chi connectivity index (χ2v) is 6.41. The highest BCUT2D eigenvalue weighted by molar-refractivity contribution is 7.92. The fourth-order valence-electron chi connectivity index (χ4n) is 2.05. The van der Waals surface area contributed by atoms with Crippen molar-refractivity contribution in [1.29, 1.82) is 0 Å². The summed E-state index contributed by atoms with van der Waals surface area (Å²) in [6.45, 7) is -1.65. The number of hydrogen-bond acceptors (Lipinski definition) is 4. The molecule has 5 nitrogen and oxygen atoms in total. The quantitative estimate of drug-likeness (QED) is 0.855. The summed E-state index contributed by atoms with van der Waals surface area (Å²) in [4.78, 5) is -0.129. The second kappa shape index (κ2) is 7.00. The minimum Gasteiger partial charge on any atom is -0.493 e. The van der Waals surface area contributed by atoms with Gasteiger partial charge in [-0.05, 0) is 42.8 Å². The van der Waals surface area contributed by atoms with Crippen molar-refractivity contribution in [2.45, 2.75) is 18.4 Å². The van der Waals surface area contributed by atoms with Crippen LogP contribution in [0.4, 0.5) is 18.9 Å². The number of ether oxygens (including phenoxy) is 2. The average molecular weight is 361 g/mol. The van der Waals surface area contributed by atoms with Crippen LogP contribution in [0, 0.1) is 12.7 Å². The highest BCUT2D eigenvalue weighted by atomic mass is 32.2. The van der Waals surface area contributed by atoms with Crippen molar-refractivity contribution >= 4 is 15.7 Å². The van der Waals surface area contributed by atoms with Crippen LogP contribution in [0.15, 0.2) is 41.3 Å². The minimum atomic E-state index is -4.03. The maximum atomic E-state index is 13.1. The summed E-state index contributed by atoms with van der Waals surface area (Å²) in [6, 6.07) is 6.89. The Morgan fingerprint density at radius 2 is 1.79 bits per heavy atom. The van der Waals surface area contributed by atoms with Crippen molar-refractivity contribution in [1.82, 2.24) is 0 Å². The molecule has 0 aliphatic carbocycles. The summed E-state index contributed by atoms with van der Waals surface area (Å²) in [5.41, 5.74) is 0.204. The fraction of sp³-hybridized carbons (Fsp3) is 0.200. The third-order valence-electron chi connectivity index (χ3n) is 3.06. The van der Waals surface area contributed by atoms with Gasteiger partial charge in [-0.3, -0.25) is 4.72 Å². The van der Waals surface area contributed by atoms with Crippen LogP contribution >= 0.6 is 0 Å². The molecule has 0 atom stereocenters. The van der Waals surface area contributed by atoms with Gasteiger partial charge in [0, 0.05) is 6.07 Å². The Morgan fingerprint density at radius 1 is 1.08 bits per heavy atom. The summed E-state index contributed by atoms with van der Waals surface area (Å²) in [5.74, 6) is -0.858. The second-order valence-electron chi connectivity index (χ2n) is 4.76. The van der Waals surface area contributed by atoms with Crippen molar-refractivity contribution in [3.63, 3.8) is 0 Å². The molecular weight excluding hydrogens is 347 g/mol. The molecule has 2 aromatic carbocycles. The number of nitrogens with one attached hydrogen (secondary N) is 1. The molecule has 2 aromatic rings. The van der Waals surface area contributed by atoms with E-state index in [4.69, 9.17) is 4.74 Å². The van der Waals surface area contributed by atoms with Gasteiger partial charge in [0.05, 0.1) is 17.7 Å². The van der Waals surface area contributed by atoms with Gasteiger partial charge < -0.3 is 9.47 Å². The van der Waals surface area contributed by atoms with Crippen LogP contribution in [0.5, 0.6) is 11.5 Å². The predicted molar refractivity (Wildman–Crippen MR) is 81.6 cm³/mol. The summed E-state index contributed by atoms with van der Waals surface area (Å²) in [6.07, 6.45) is 0. The Bertz CT molecular complexity index is 841. The van der Waals surface area contributed by atoms with Gasteiger partial charge >= 0.3 is 6.61 Å². The van der Waals surface area contributed by atoms with E-state index in [-0.39, 0.29) is 27.6 Å². The number of methoxy groups -OCH3 is 1. The van der Waals surface area contributed by atoms with Crippen LogP contribution in [0.2, 0.25) is 0 Å². The molecule has 0 aromatic heterocycles. The van der Waals surface area contributed by atoms with E-state index in [9.17, 15) is 21.6 Å². The van der Waals surface area contributed by atoms with Crippen LogP contribution < -0.4 is 14.2 Å². The van der Waals surface area contributed by atoms with E-state index in [2.05, 4.69) is 9.46 Å². The van der Waals surface area contributed by atoms with E-state index in [1.165, 1.54) is 26.2 Å². The summed E-state index contributed by atoms with van der Waals surface area (Å²) in [5, 5.41) is 0. The molecule has 0 amide bonds. The van der Waals surface area contributed by atoms with Crippen LogP contribution in [0.1, 0.15) is 5.56 Å². The Kier molecular flexibility index (Phi) is 5.23. The lowest BCUT2D eigenvalue weighted by atomic mass is 10.2. The van der Waals surface area contributed by atoms with E-state index in [0.717, 1.165) is 24.3 Å². The van der Waals surface area contributed by atoms with Crippen LogP contribution in [0.25, 0.3) is 0 Å². The zero-order chi connectivity index (χ0) is 17.9. The van der Waals surface area contributed by atoms with Gasteiger partial charge in [-0.2, -0.15) is 8.78 Å². The summed E-state index contributed by atoms with van der Waals surface area (Å²) < 4.78 is 74.1. The van der Waals surface area contributed by atoms with Gasteiger partial charge in [0.1, 0.15) is 5.82 Å². The van der Waals surface area contributed by atoms with Crippen LogP contribution in [-0.4, -0.2) is 22.1 Å². The Hall–Kier alpha value is -2.42. The molecule has 1 N–H and O–H groups in total. The molecule has 2 rings (SSSR count). The normalized spacial score (nSPS) is 11.4. The predicted octanol–water partition coefficient (Wildman–Crippen LogP) is 3.54. The first kappa shape index (κ1) is 17.9. The molecular formula is C15H14F3NO4S. The number of alkyl halides is 2. The van der Waals surface area contributed by atoms with Gasteiger partial charge in [0.15, 0.2) is 11.5 Å². The monoisotopic (exact) mass is 361 g/mol. The molecule has 0 aliphatic rings. The smallest absolute Gasteiger partial charge is 0.387 e. The average Bonchev–Trinajstić information content (AvgIpc) is 2.46. The van der Waals surface area contributed by atoms with E-state index in [0.29, 0.717) is 0 Å². The number of hydrogen-bond donors (Lipinski definition) is 1. The van der Waals surface area contributed by atoms with Crippen molar-refractivity contribution in [3.05, 3.63) is 47.8 Å². The molecule has 9 heteroatoms. The fourth-order valence-corrected chi connectivity index (χ4v) is 3.33. The topological polar surface area (TPSA) is 64.6 Å². The van der Waals surface area contributed by atoms with Crippen molar-refractivity contribution < 1.29 is 31.1 Å². The lowest BCUT2D eigenvalue weighted by Crippen LogP contribution is -2.14. The first-order valence-corrected chi connectivity index (χ1v) is 8.13. The number of rotatable bonds is 6. The molecule has 24 heavy (non-hydrogen) atoms. The number of aryl methyl sites for hydroxylation is 1. The Morgan fingerprint density at radius 3 is 2.38 bits per heavy atom.